The largest absolute Gasteiger partial charge is 0.497 e. The van der Waals surface area contributed by atoms with Crippen molar-refractivity contribution in [3.63, 3.8) is 0 Å². The standard InChI is InChI=1S/C11H13N3O2S/c1-12-10-13(2)11(15)14(17-10)8-4-6-9(16-3)7-5-8/h4-7H,1-3H3. The van der Waals surface area contributed by atoms with Crippen molar-refractivity contribution in [2.75, 3.05) is 14.2 Å². The van der Waals surface area contributed by atoms with Gasteiger partial charge in [0.05, 0.1) is 12.8 Å². The number of nitrogens with zero attached hydrogens (tertiary/aromatic N) is 3. The maximum absolute atomic E-state index is 11.9. The van der Waals surface area contributed by atoms with Crippen LogP contribution in [-0.4, -0.2) is 22.7 Å². The van der Waals surface area contributed by atoms with Crippen molar-refractivity contribution in [3.05, 3.63) is 39.6 Å². The molecule has 0 amide bonds. The zero-order valence-corrected chi connectivity index (χ0v) is 10.7. The first-order valence-electron chi connectivity index (χ1n) is 5.04. The number of methoxy groups -OCH3 is 1. The van der Waals surface area contributed by atoms with Gasteiger partial charge in [0.2, 0.25) is 4.80 Å². The van der Waals surface area contributed by atoms with Crippen molar-refractivity contribution in [2.24, 2.45) is 12.0 Å². The highest BCUT2D eigenvalue weighted by atomic mass is 32.1. The van der Waals surface area contributed by atoms with Gasteiger partial charge in [-0.05, 0) is 35.8 Å². The Bertz CT molecular complexity index is 634. The smallest absolute Gasteiger partial charge is 0.344 e. The van der Waals surface area contributed by atoms with Crippen LogP contribution in [0.3, 0.4) is 0 Å². The first kappa shape index (κ1) is 11.7. The lowest BCUT2D eigenvalue weighted by Gasteiger charge is -2.01. The van der Waals surface area contributed by atoms with Gasteiger partial charge in [0, 0.05) is 14.1 Å². The Morgan fingerprint density at radius 2 is 1.94 bits per heavy atom. The van der Waals surface area contributed by atoms with Crippen LogP contribution in [0.2, 0.25) is 0 Å². The van der Waals surface area contributed by atoms with Crippen molar-refractivity contribution >= 4 is 11.5 Å². The summed E-state index contributed by atoms with van der Waals surface area (Å²) >= 11 is 1.31. The van der Waals surface area contributed by atoms with Crippen molar-refractivity contribution in [2.45, 2.75) is 0 Å². The molecule has 90 valence electrons. The summed E-state index contributed by atoms with van der Waals surface area (Å²) in [5, 5.41) is 0. The van der Waals surface area contributed by atoms with Crippen LogP contribution >= 0.6 is 11.5 Å². The number of ether oxygens (including phenoxy) is 1. The van der Waals surface area contributed by atoms with Crippen LogP contribution in [0.15, 0.2) is 34.1 Å². The molecule has 1 aromatic heterocycles. The summed E-state index contributed by atoms with van der Waals surface area (Å²) in [6.45, 7) is 0. The number of aromatic nitrogens is 2. The number of rotatable bonds is 2. The minimum absolute atomic E-state index is 0.0965. The minimum atomic E-state index is -0.0965. The van der Waals surface area contributed by atoms with Crippen LogP contribution < -0.4 is 15.2 Å². The Hall–Kier alpha value is -1.82. The molecule has 0 unspecified atom stereocenters. The number of hydrogen-bond donors (Lipinski definition) is 0. The third-order valence-corrected chi connectivity index (χ3v) is 3.59. The molecule has 0 bridgehead atoms. The van der Waals surface area contributed by atoms with E-state index in [1.807, 2.05) is 24.3 Å². The molecule has 1 aromatic carbocycles. The molecular formula is C11H13N3O2S. The highest BCUT2D eigenvalue weighted by Gasteiger charge is 2.06. The predicted octanol–water partition coefficient (Wildman–Crippen LogP) is 0.777. The topological polar surface area (TPSA) is 48.5 Å². The fourth-order valence-electron chi connectivity index (χ4n) is 1.47. The van der Waals surface area contributed by atoms with Crippen LogP contribution in [0, 0.1) is 0 Å². The molecule has 0 spiro atoms. The van der Waals surface area contributed by atoms with E-state index in [4.69, 9.17) is 4.74 Å². The fourth-order valence-corrected chi connectivity index (χ4v) is 2.34. The summed E-state index contributed by atoms with van der Waals surface area (Å²) < 4.78 is 8.20. The van der Waals surface area contributed by atoms with E-state index < -0.39 is 0 Å². The summed E-state index contributed by atoms with van der Waals surface area (Å²) in [4.78, 5) is 16.7. The molecule has 0 saturated carbocycles. The molecule has 2 rings (SSSR count). The van der Waals surface area contributed by atoms with Gasteiger partial charge in [-0.15, -0.1) is 0 Å². The van der Waals surface area contributed by atoms with Crippen molar-refractivity contribution in [1.82, 2.24) is 8.52 Å². The van der Waals surface area contributed by atoms with Gasteiger partial charge in [0.25, 0.3) is 0 Å². The maximum atomic E-state index is 11.9. The molecule has 0 atom stereocenters. The lowest BCUT2D eigenvalue weighted by atomic mass is 10.3. The molecule has 17 heavy (non-hydrogen) atoms. The van der Waals surface area contributed by atoms with E-state index in [0.29, 0.717) is 4.80 Å². The number of hydrogen-bond acceptors (Lipinski definition) is 4. The fraction of sp³-hybridized carbons (Fsp3) is 0.273. The Labute approximate surface area is 102 Å². The van der Waals surface area contributed by atoms with Gasteiger partial charge in [0.1, 0.15) is 5.75 Å². The predicted molar refractivity (Wildman–Crippen MR) is 66.9 cm³/mol. The van der Waals surface area contributed by atoms with Crippen LogP contribution in [0.4, 0.5) is 0 Å². The molecule has 0 saturated heterocycles. The zero-order valence-electron chi connectivity index (χ0n) is 9.88. The highest BCUT2D eigenvalue weighted by molar-refractivity contribution is 7.03. The lowest BCUT2D eigenvalue weighted by Crippen LogP contribution is -2.25. The quantitative estimate of drug-likeness (QED) is 0.792. The Balaban J connectivity index is 2.57. The van der Waals surface area contributed by atoms with E-state index >= 15 is 0 Å². The minimum Gasteiger partial charge on any atom is -0.497 e. The second kappa shape index (κ2) is 4.58. The third kappa shape index (κ3) is 2.03. The molecule has 2 aromatic rings. The molecular weight excluding hydrogens is 238 g/mol. The highest BCUT2D eigenvalue weighted by Crippen LogP contribution is 2.13. The summed E-state index contributed by atoms with van der Waals surface area (Å²) in [6.07, 6.45) is 0. The molecule has 0 N–H and O–H groups in total. The van der Waals surface area contributed by atoms with Gasteiger partial charge in [-0.3, -0.25) is 9.56 Å². The Kier molecular flexibility index (Phi) is 3.14. The van der Waals surface area contributed by atoms with Gasteiger partial charge in [-0.2, -0.15) is 0 Å². The Morgan fingerprint density at radius 1 is 1.29 bits per heavy atom. The van der Waals surface area contributed by atoms with Gasteiger partial charge in [-0.1, -0.05) is 0 Å². The van der Waals surface area contributed by atoms with E-state index in [9.17, 15) is 4.79 Å². The van der Waals surface area contributed by atoms with Gasteiger partial charge >= 0.3 is 5.69 Å². The van der Waals surface area contributed by atoms with Crippen molar-refractivity contribution in [1.29, 1.82) is 0 Å². The van der Waals surface area contributed by atoms with Gasteiger partial charge < -0.3 is 4.74 Å². The van der Waals surface area contributed by atoms with E-state index in [1.54, 1.807) is 25.2 Å². The lowest BCUT2D eigenvalue weighted by molar-refractivity contribution is 0.415. The number of benzene rings is 1. The molecule has 6 heteroatoms. The normalized spacial score (nSPS) is 11.8. The van der Waals surface area contributed by atoms with Gasteiger partial charge in [-0.25, -0.2) is 8.75 Å². The first-order chi connectivity index (χ1) is 8.17. The summed E-state index contributed by atoms with van der Waals surface area (Å²) in [5.41, 5.74) is 0.715. The molecule has 1 heterocycles. The monoisotopic (exact) mass is 251 g/mol. The van der Waals surface area contributed by atoms with Gasteiger partial charge in [0.15, 0.2) is 0 Å². The molecule has 0 aliphatic rings. The van der Waals surface area contributed by atoms with E-state index in [0.717, 1.165) is 11.4 Å². The maximum Gasteiger partial charge on any atom is 0.344 e. The molecule has 0 aliphatic heterocycles. The second-order valence-electron chi connectivity index (χ2n) is 3.43. The van der Waals surface area contributed by atoms with Crippen LogP contribution in [-0.2, 0) is 7.05 Å². The van der Waals surface area contributed by atoms with Crippen LogP contribution in [0.1, 0.15) is 0 Å². The van der Waals surface area contributed by atoms with Crippen molar-refractivity contribution < 1.29 is 4.74 Å². The summed E-state index contributed by atoms with van der Waals surface area (Å²) in [6, 6.07) is 7.33. The first-order valence-corrected chi connectivity index (χ1v) is 5.81. The van der Waals surface area contributed by atoms with Crippen LogP contribution in [0.25, 0.3) is 5.69 Å². The molecule has 5 nitrogen and oxygen atoms in total. The molecule has 0 radical (unpaired) electrons. The van der Waals surface area contributed by atoms with E-state index in [-0.39, 0.29) is 5.69 Å². The molecule has 0 aliphatic carbocycles. The summed E-state index contributed by atoms with van der Waals surface area (Å²) in [5.74, 6) is 0.767. The van der Waals surface area contributed by atoms with Crippen LogP contribution in [0.5, 0.6) is 5.75 Å². The van der Waals surface area contributed by atoms with Crippen molar-refractivity contribution in [3.8, 4) is 11.4 Å². The average Bonchev–Trinajstić information content (AvgIpc) is 2.66. The average molecular weight is 251 g/mol. The second-order valence-corrected chi connectivity index (χ2v) is 4.34. The van der Waals surface area contributed by atoms with E-state index in [1.165, 1.54) is 16.1 Å². The molecule has 0 fully saturated rings. The third-order valence-electron chi connectivity index (χ3n) is 2.42. The summed E-state index contributed by atoms with van der Waals surface area (Å²) in [7, 11) is 4.99. The Morgan fingerprint density at radius 3 is 2.41 bits per heavy atom. The van der Waals surface area contributed by atoms with E-state index in [2.05, 4.69) is 4.99 Å². The SMILES string of the molecule is CN=c1sn(-c2ccc(OC)cc2)c(=O)n1C. The zero-order chi connectivity index (χ0) is 12.4.